The number of nitrogens with zero attached hydrogens (tertiary/aromatic N) is 1. The van der Waals surface area contributed by atoms with Crippen molar-refractivity contribution in [3.8, 4) is 0 Å². The first-order chi connectivity index (χ1) is 5.38. The van der Waals surface area contributed by atoms with E-state index in [-0.39, 0.29) is 30.7 Å². The lowest BCUT2D eigenvalue weighted by Crippen LogP contribution is -2.41. The van der Waals surface area contributed by atoms with Gasteiger partial charge in [-0.15, -0.1) is 12.4 Å². The van der Waals surface area contributed by atoms with E-state index in [9.17, 15) is 5.11 Å². The van der Waals surface area contributed by atoms with Crippen LogP contribution >= 0.6 is 12.4 Å². The molecule has 0 unspecified atom stereocenters. The largest absolute Gasteiger partial charge is 0.390 e. The number of ether oxygens (including phenoxy) is 1. The molecule has 0 amide bonds. The van der Waals surface area contributed by atoms with Gasteiger partial charge in [0, 0.05) is 6.42 Å². The molecule has 0 aromatic carbocycles. The molecule has 3 atom stereocenters. The fraction of sp³-hybridized carbons (Fsp3) is 1.00. The fourth-order valence-corrected chi connectivity index (χ4v) is 1.64. The Labute approximate surface area is 86.7 Å². The summed E-state index contributed by atoms with van der Waals surface area (Å²) in [4.78, 5) is 0. The van der Waals surface area contributed by atoms with Gasteiger partial charge in [-0.2, -0.15) is 0 Å². The molecule has 0 aliphatic carbocycles. The standard InChI is InChI=1S/C9H20NO2.ClH/c1-7-9(11)5-8(12-7)6-10(2,3)4;/h7-9,11H,5-6H2,1-4H3;1H/q+1;/t7-,8-,9+;/m0./s1. The van der Waals surface area contributed by atoms with Crippen molar-refractivity contribution in [2.75, 3.05) is 27.7 Å². The maximum atomic E-state index is 9.43. The second kappa shape index (κ2) is 4.60. The number of rotatable bonds is 2. The molecular weight excluding hydrogens is 190 g/mol. The molecule has 80 valence electrons. The number of hydrogen-bond donors (Lipinski definition) is 1. The molecule has 0 saturated carbocycles. The number of aliphatic hydroxyl groups excluding tert-OH is 1. The van der Waals surface area contributed by atoms with E-state index in [1.54, 1.807) is 0 Å². The van der Waals surface area contributed by atoms with Crippen LogP contribution in [-0.2, 0) is 4.74 Å². The average Bonchev–Trinajstić information content (AvgIpc) is 2.07. The van der Waals surface area contributed by atoms with Gasteiger partial charge in [0.2, 0.25) is 0 Å². The topological polar surface area (TPSA) is 29.5 Å². The molecule has 1 fully saturated rings. The van der Waals surface area contributed by atoms with Crippen LogP contribution in [0.4, 0.5) is 0 Å². The van der Waals surface area contributed by atoms with E-state index in [1.165, 1.54) is 0 Å². The predicted octanol–water partition coefficient (Wildman–Crippen LogP) is 0.653. The quantitative estimate of drug-likeness (QED) is 0.679. The number of halogens is 1. The zero-order chi connectivity index (χ0) is 9.35. The van der Waals surface area contributed by atoms with Crippen molar-refractivity contribution in [2.45, 2.75) is 31.7 Å². The van der Waals surface area contributed by atoms with E-state index in [2.05, 4.69) is 21.1 Å². The first kappa shape index (κ1) is 13.2. The maximum absolute atomic E-state index is 9.43. The molecule has 1 aliphatic rings. The summed E-state index contributed by atoms with van der Waals surface area (Å²) in [6, 6.07) is 0. The van der Waals surface area contributed by atoms with Gasteiger partial charge in [-0.3, -0.25) is 0 Å². The molecular formula is C9H21ClNO2+. The van der Waals surface area contributed by atoms with Crippen LogP contribution in [-0.4, -0.2) is 55.6 Å². The van der Waals surface area contributed by atoms with Gasteiger partial charge in [-0.1, -0.05) is 0 Å². The van der Waals surface area contributed by atoms with Crippen LogP contribution in [0.3, 0.4) is 0 Å². The Morgan fingerprint density at radius 2 is 1.92 bits per heavy atom. The Balaban J connectivity index is 0.00000144. The van der Waals surface area contributed by atoms with Crippen LogP contribution < -0.4 is 0 Å². The number of aliphatic hydroxyl groups is 1. The van der Waals surface area contributed by atoms with E-state index < -0.39 is 0 Å². The molecule has 13 heavy (non-hydrogen) atoms. The molecule has 1 aliphatic heterocycles. The van der Waals surface area contributed by atoms with Crippen LogP contribution in [0, 0.1) is 0 Å². The summed E-state index contributed by atoms with van der Waals surface area (Å²) in [6.45, 7) is 2.90. The average molecular weight is 211 g/mol. The molecule has 0 bridgehead atoms. The van der Waals surface area contributed by atoms with Gasteiger partial charge in [0.05, 0.1) is 33.4 Å². The van der Waals surface area contributed by atoms with Gasteiger partial charge in [0.1, 0.15) is 12.6 Å². The number of hydrogen-bond acceptors (Lipinski definition) is 2. The Kier molecular flexibility index (Phi) is 4.66. The van der Waals surface area contributed by atoms with Gasteiger partial charge < -0.3 is 14.3 Å². The molecule has 1 N–H and O–H groups in total. The molecule has 1 heterocycles. The van der Waals surface area contributed by atoms with E-state index in [4.69, 9.17) is 4.74 Å². The van der Waals surface area contributed by atoms with Crippen molar-refractivity contribution in [2.24, 2.45) is 0 Å². The van der Waals surface area contributed by atoms with Crippen molar-refractivity contribution in [1.82, 2.24) is 0 Å². The van der Waals surface area contributed by atoms with Crippen LogP contribution in [0.25, 0.3) is 0 Å². The van der Waals surface area contributed by atoms with E-state index in [0.29, 0.717) is 0 Å². The summed E-state index contributed by atoms with van der Waals surface area (Å²) in [5, 5.41) is 9.43. The minimum Gasteiger partial charge on any atom is -0.390 e. The highest BCUT2D eigenvalue weighted by Gasteiger charge is 2.33. The van der Waals surface area contributed by atoms with Crippen molar-refractivity contribution < 1.29 is 14.3 Å². The van der Waals surface area contributed by atoms with Crippen LogP contribution in [0.1, 0.15) is 13.3 Å². The highest BCUT2D eigenvalue weighted by Crippen LogP contribution is 2.21. The van der Waals surface area contributed by atoms with Crippen LogP contribution in [0.2, 0.25) is 0 Å². The van der Waals surface area contributed by atoms with Crippen molar-refractivity contribution in [1.29, 1.82) is 0 Å². The van der Waals surface area contributed by atoms with E-state index in [0.717, 1.165) is 17.4 Å². The SMILES string of the molecule is C[C@@H]1O[C@H](C[N+](C)(C)C)C[C@H]1O.Cl. The van der Waals surface area contributed by atoms with E-state index >= 15 is 0 Å². The molecule has 4 heteroatoms. The third-order valence-electron chi connectivity index (χ3n) is 2.20. The Bertz CT molecular complexity index is 148. The normalized spacial score (nSPS) is 34.4. The molecule has 1 rings (SSSR count). The van der Waals surface area contributed by atoms with Crippen LogP contribution in [0.5, 0.6) is 0 Å². The Morgan fingerprint density at radius 3 is 2.23 bits per heavy atom. The zero-order valence-corrected chi connectivity index (χ0v) is 9.67. The fourth-order valence-electron chi connectivity index (χ4n) is 1.64. The first-order valence-corrected chi connectivity index (χ1v) is 4.52. The highest BCUT2D eigenvalue weighted by atomic mass is 35.5. The van der Waals surface area contributed by atoms with Gasteiger partial charge in [0.15, 0.2) is 0 Å². The Hall–Kier alpha value is 0.170. The molecule has 0 aromatic rings. The van der Waals surface area contributed by atoms with E-state index in [1.807, 2.05) is 6.92 Å². The third-order valence-corrected chi connectivity index (χ3v) is 2.20. The Morgan fingerprint density at radius 1 is 1.38 bits per heavy atom. The number of likely N-dealkylation sites (N-methyl/N-ethyl adjacent to an activating group) is 1. The van der Waals surface area contributed by atoms with Gasteiger partial charge >= 0.3 is 0 Å². The maximum Gasteiger partial charge on any atom is 0.109 e. The monoisotopic (exact) mass is 210 g/mol. The highest BCUT2D eigenvalue weighted by molar-refractivity contribution is 5.85. The summed E-state index contributed by atoms with van der Waals surface area (Å²) in [5.41, 5.74) is 0. The summed E-state index contributed by atoms with van der Waals surface area (Å²) in [6.07, 6.45) is 0.773. The van der Waals surface area contributed by atoms with Crippen molar-refractivity contribution >= 4 is 12.4 Å². The zero-order valence-electron chi connectivity index (χ0n) is 8.86. The molecule has 0 aromatic heterocycles. The summed E-state index contributed by atoms with van der Waals surface area (Å²) in [5.74, 6) is 0. The smallest absolute Gasteiger partial charge is 0.109 e. The summed E-state index contributed by atoms with van der Waals surface area (Å²) >= 11 is 0. The predicted molar refractivity (Wildman–Crippen MR) is 55.1 cm³/mol. The first-order valence-electron chi connectivity index (χ1n) is 4.52. The molecule has 0 radical (unpaired) electrons. The molecule has 1 saturated heterocycles. The minimum absolute atomic E-state index is 0. The lowest BCUT2D eigenvalue weighted by Gasteiger charge is -2.26. The summed E-state index contributed by atoms with van der Waals surface area (Å²) in [7, 11) is 6.41. The second-order valence-electron chi connectivity index (χ2n) is 4.74. The summed E-state index contributed by atoms with van der Waals surface area (Å²) < 4.78 is 6.48. The minimum atomic E-state index is -0.262. The lowest BCUT2D eigenvalue weighted by molar-refractivity contribution is -0.873. The van der Waals surface area contributed by atoms with Gasteiger partial charge in [-0.25, -0.2) is 0 Å². The van der Waals surface area contributed by atoms with Crippen molar-refractivity contribution in [3.63, 3.8) is 0 Å². The van der Waals surface area contributed by atoms with Gasteiger partial charge in [-0.05, 0) is 6.92 Å². The lowest BCUT2D eigenvalue weighted by atomic mass is 10.1. The second-order valence-corrected chi connectivity index (χ2v) is 4.74. The van der Waals surface area contributed by atoms with Crippen LogP contribution in [0.15, 0.2) is 0 Å². The molecule has 3 nitrogen and oxygen atoms in total. The third kappa shape index (κ3) is 4.27. The molecule has 0 spiro atoms. The number of quaternary nitrogens is 1. The van der Waals surface area contributed by atoms with Gasteiger partial charge in [0.25, 0.3) is 0 Å². The van der Waals surface area contributed by atoms with Crippen molar-refractivity contribution in [3.05, 3.63) is 0 Å².